The molecule has 0 saturated carbocycles. The Morgan fingerprint density at radius 2 is 1.95 bits per heavy atom. The van der Waals surface area contributed by atoms with Crippen molar-refractivity contribution in [1.29, 1.82) is 0 Å². The number of aryl methyl sites for hydroxylation is 2. The molecule has 1 aromatic carbocycles. The van der Waals surface area contributed by atoms with E-state index in [-0.39, 0.29) is 6.04 Å². The van der Waals surface area contributed by atoms with Crippen LogP contribution < -0.4 is 4.72 Å². The Morgan fingerprint density at radius 3 is 2.57 bits per heavy atom. The van der Waals surface area contributed by atoms with E-state index in [1.807, 2.05) is 19.9 Å². The van der Waals surface area contributed by atoms with E-state index in [1.165, 1.54) is 9.75 Å². The molecule has 0 radical (unpaired) electrons. The molecule has 2 rings (SSSR count). The standard InChI is InChI=1S/C15H18BrNO2S2/c1-10-4-6-13(16)9-15(10)21(18,19)17-11(2)8-14-7-5-12(3)20-14/h4-7,9,11,17H,8H2,1-3H3. The van der Waals surface area contributed by atoms with Gasteiger partial charge in [0.05, 0.1) is 4.90 Å². The Balaban J connectivity index is 2.15. The third-order valence-electron chi connectivity index (χ3n) is 3.10. The van der Waals surface area contributed by atoms with Crippen LogP contribution in [0.5, 0.6) is 0 Å². The molecule has 3 nitrogen and oxygen atoms in total. The summed E-state index contributed by atoms with van der Waals surface area (Å²) in [5.41, 5.74) is 0.741. The Hall–Kier alpha value is -0.690. The normalized spacial score (nSPS) is 13.3. The number of benzene rings is 1. The van der Waals surface area contributed by atoms with Gasteiger partial charge in [-0.3, -0.25) is 0 Å². The van der Waals surface area contributed by atoms with E-state index in [0.717, 1.165) is 10.0 Å². The van der Waals surface area contributed by atoms with Crippen LogP contribution in [-0.4, -0.2) is 14.5 Å². The summed E-state index contributed by atoms with van der Waals surface area (Å²) in [7, 11) is -3.50. The van der Waals surface area contributed by atoms with Crippen LogP contribution in [0.25, 0.3) is 0 Å². The van der Waals surface area contributed by atoms with Crippen LogP contribution in [0.15, 0.2) is 39.7 Å². The fraction of sp³-hybridized carbons (Fsp3) is 0.333. The molecule has 0 saturated heterocycles. The highest BCUT2D eigenvalue weighted by Crippen LogP contribution is 2.22. The predicted octanol–water partition coefficient (Wildman–Crippen LogP) is 4.04. The summed E-state index contributed by atoms with van der Waals surface area (Å²) >= 11 is 5.02. The van der Waals surface area contributed by atoms with Crippen molar-refractivity contribution in [2.45, 2.75) is 38.1 Å². The van der Waals surface area contributed by atoms with Gasteiger partial charge in [0.25, 0.3) is 0 Å². The van der Waals surface area contributed by atoms with Crippen LogP contribution in [0.2, 0.25) is 0 Å². The molecule has 0 aliphatic rings. The summed E-state index contributed by atoms with van der Waals surface area (Å²) in [6, 6.07) is 9.23. The summed E-state index contributed by atoms with van der Waals surface area (Å²) in [4.78, 5) is 2.75. The molecule has 0 bridgehead atoms. The number of nitrogens with one attached hydrogen (secondary N) is 1. The first-order chi connectivity index (χ1) is 9.78. The molecular weight excluding hydrogens is 370 g/mol. The van der Waals surface area contributed by atoms with Crippen molar-refractivity contribution in [3.63, 3.8) is 0 Å². The maximum atomic E-state index is 12.5. The zero-order valence-corrected chi connectivity index (χ0v) is 15.4. The van der Waals surface area contributed by atoms with Crippen molar-refractivity contribution in [2.75, 3.05) is 0 Å². The largest absolute Gasteiger partial charge is 0.241 e. The van der Waals surface area contributed by atoms with Crippen molar-refractivity contribution in [3.05, 3.63) is 50.1 Å². The van der Waals surface area contributed by atoms with Crippen LogP contribution in [0.1, 0.15) is 22.2 Å². The predicted molar refractivity (Wildman–Crippen MR) is 91.4 cm³/mol. The molecule has 1 unspecified atom stereocenters. The second-order valence-electron chi connectivity index (χ2n) is 5.15. The molecule has 114 valence electrons. The van der Waals surface area contributed by atoms with Crippen molar-refractivity contribution in [1.82, 2.24) is 4.72 Å². The van der Waals surface area contributed by atoms with Crippen molar-refractivity contribution >= 4 is 37.3 Å². The van der Waals surface area contributed by atoms with E-state index in [4.69, 9.17) is 0 Å². The molecule has 6 heteroatoms. The Bertz CT molecular complexity index is 738. The zero-order valence-electron chi connectivity index (χ0n) is 12.2. The maximum Gasteiger partial charge on any atom is 0.241 e. The minimum absolute atomic E-state index is 0.147. The molecule has 0 amide bonds. The van der Waals surface area contributed by atoms with Gasteiger partial charge in [-0.2, -0.15) is 0 Å². The van der Waals surface area contributed by atoms with Crippen LogP contribution >= 0.6 is 27.3 Å². The summed E-state index contributed by atoms with van der Waals surface area (Å²) in [5.74, 6) is 0. The number of hydrogen-bond donors (Lipinski definition) is 1. The average molecular weight is 388 g/mol. The molecule has 0 fully saturated rings. The SMILES string of the molecule is Cc1ccc(CC(C)NS(=O)(=O)c2cc(Br)ccc2C)s1. The molecule has 0 aliphatic carbocycles. The molecule has 1 aromatic heterocycles. The van der Waals surface area contributed by atoms with Gasteiger partial charge in [-0.1, -0.05) is 22.0 Å². The minimum atomic E-state index is -3.50. The molecule has 1 atom stereocenters. The van der Waals surface area contributed by atoms with E-state index in [9.17, 15) is 8.42 Å². The third-order valence-corrected chi connectivity index (χ3v) is 6.35. The van der Waals surface area contributed by atoms with Gasteiger partial charge in [-0.25, -0.2) is 13.1 Å². The molecule has 1 N–H and O–H groups in total. The van der Waals surface area contributed by atoms with E-state index < -0.39 is 10.0 Å². The van der Waals surface area contributed by atoms with E-state index in [2.05, 4.69) is 32.8 Å². The van der Waals surface area contributed by atoms with Crippen molar-refractivity contribution < 1.29 is 8.42 Å². The van der Waals surface area contributed by atoms with Crippen LogP contribution in [0.3, 0.4) is 0 Å². The molecule has 21 heavy (non-hydrogen) atoms. The lowest BCUT2D eigenvalue weighted by Gasteiger charge is -2.15. The van der Waals surface area contributed by atoms with Gasteiger partial charge in [0.15, 0.2) is 0 Å². The van der Waals surface area contributed by atoms with Gasteiger partial charge in [0.2, 0.25) is 10.0 Å². The molecule has 0 aliphatic heterocycles. The van der Waals surface area contributed by atoms with Gasteiger partial charge >= 0.3 is 0 Å². The van der Waals surface area contributed by atoms with Crippen molar-refractivity contribution in [2.24, 2.45) is 0 Å². The number of sulfonamides is 1. The Labute approximate surface area is 138 Å². The summed E-state index contributed by atoms with van der Waals surface area (Å²) in [6.45, 7) is 5.74. The van der Waals surface area contributed by atoms with E-state index in [1.54, 1.807) is 30.4 Å². The van der Waals surface area contributed by atoms with Crippen LogP contribution in [-0.2, 0) is 16.4 Å². The molecular formula is C15H18BrNO2S2. The first-order valence-corrected chi connectivity index (χ1v) is 9.71. The zero-order chi connectivity index (χ0) is 15.6. The monoisotopic (exact) mass is 387 g/mol. The first kappa shape index (κ1) is 16.7. The van der Waals surface area contributed by atoms with Gasteiger partial charge in [-0.05, 0) is 57.0 Å². The van der Waals surface area contributed by atoms with E-state index >= 15 is 0 Å². The number of thiophene rings is 1. The van der Waals surface area contributed by atoms with Crippen LogP contribution in [0, 0.1) is 13.8 Å². The third kappa shape index (κ3) is 4.39. The van der Waals surface area contributed by atoms with Gasteiger partial charge < -0.3 is 0 Å². The summed E-state index contributed by atoms with van der Waals surface area (Å²) in [6.07, 6.45) is 0.699. The van der Waals surface area contributed by atoms with Crippen molar-refractivity contribution in [3.8, 4) is 0 Å². The quantitative estimate of drug-likeness (QED) is 0.841. The lowest BCUT2D eigenvalue weighted by Crippen LogP contribution is -2.34. The molecule has 1 heterocycles. The van der Waals surface area contributed by atoms with E-state index in [0.29, 0.717) is 11.3 Å². The highest BCUT2D eigenvalue weighted by molar-refractivity contribution is 9.10. The minimum Gasteiger partial charge on any atom is -0.208 e. The molecule has 2 aromatic rings. The second-order valence-corrected chi connectivity index (χ2v) is 9.12. The number of halogens is 1. The van der Waals surface area contributed by atoms with Crippen LogP contribution in [0.4, 0.5) is 0 Å². The number of hydrogen-bond acceptors (Lipinski definition) is 3. The fourth-order valence-corrected chi connectivity index (χ4v) is 5.18. The van der Waals surface area contributed by atoms with Gasteiger partial charge in [0.1, 0.15) is 0 Å². The lowest BCUT2D eigenvalue weighted by atomic mass is 10.2. The smallest absolute Gasteiger partial charge is 0.208 e. The molecule has 0 spiro atoms. The number of rotatable bonds is 5. The summed E-state index contributed by atoms with van der Waals surface area (Å²) < 4.78 is 28.5. The fourth-order valence-electron chi connectivity index (χ4n) is 2.13. The topological polar surface area (TPSA) is 46.2 Å². The van der Waals surface area contributed by atoms with Gasteiger partial charge in [0, 0.05) is 20.3 Å². The average Bonchev–Trinajstić information content (AvgIpc) is 2.76. The Morgan fingerprint density at radius 1 is 1.24 bits per heavy atom. The lowest BCUT2D eigenvalue weighted by molar-refractivity contribution is 0.560. The Kier molecular flexibility index (Phi) is 5.24. The second kappa shape index (κ2) is 6.60. The maximum absolute atomic E-state index is 12.5. The van der Waals surface area contributed by atoms with Gasteiger partial charge in [-0.15, -0.1) is 11.3 Å². The highest BCUT2D eigenvalue weighted by atomic mass is 79.9. The highest BCUT2D eigenvalue weighted by Gasteiger charge is 2.20. The first-order valence-electron chi connectivity index (χ1n) is 6.62. The summed E-state index contributed by atoms with van der Waals surface area (Å²) in [5, 5.41) is 0.